The summed E-state index contributed by atoms with van der Waals surface area (Å²) in [7, 11) is 0. The van der Waals surface area contributed by atoms with E-state index >= 15 is 0 Å². The van der Waals surface area contributed by atoms with E-state index in [1.54, 1.807) is 12.1 Å². The molecule has 0 aliphatic carbocycles. The van der Waals surface area contributed by atoms with E-state index in [9.17, 15) is 4.79 Å². The molecule has 0 bridgehead atoms. The third kappa shape index (κ3) is 1.94. The van der Waals surface area contributed by atoms with Crippen LogP contribution < -0.4 is 0 Å². The van der Waals surface area contributed by atoms with Crippen molar-refractivity contribution >= 4 is 39.5 Å². The summed E-state index contributed by atoms with van der Waals surface area (Å²) >= 11 is 7.19. The molecule has 0 saturated carbocycles. The first-order valence-corrected chi connectivity index (χ1v) is 6.73. The van der Waals surface area contributed by atoms with Gasteiger partial charge in [-0.1, -0.05) is 54.1 Å². The molecule has 0 fully saturated rings. The number of thiophene rings is 1. The Balaban J connectivity index is 2.17. The molecule has 0 N–H and O–H groups in total. The lowest BCUT2D eigenvalue weighted by Crippen LogP contribution is -1.99. The molecule has 1 heterocycles. The molecule has 0 aliphatic rings. The minimum absolute atomic E-state index is 0.0312. The van der Waals surface area contributed by atoms with Gasteiger partial charge in [-0.2, -0.15) is 0 Å². The molecule has 0 spiro atoms. The molecule has 1 aromatic heterocycles. The van der Waals surface area contributed by atoms with Gasteiger partial charge in [0.25, 0.3) is 0 Å². The van der Waals surface area contributed by atoms with Crippen molar-refractivity contribution in [2.24, 2.45) is 0 Å². The minimum atomic E-state index is 0.0312. The molecule has 0 atom stereocenters. The van der Waals surface area contributed by atoms with Gasteiger partial charge in [-0.05, 0) is 22.9 Å². The van der Waals surface area contributed by atoms with Crippen molar-refractivity contribution in [2.75, 3.05) is 0 Å². The van der Waals surface area contributed by atoms with Crippen LogP contribution in [0.25, 0.3) is 10.8 Å². The van der Waals surface area contributed by atoms with Gasteiger partial charge < -0.3 is 0 Å². The van der Waals surface area contributed by atoms with Gasteiger partial charge in [0.15, 0.2) is 0 Å². The molecule has 0 saturated heterocycles. The van der Waals surface area contributed by atoms with Crippen molar-refractivity contribution < 1.29 is 4.79 Å². The van der Waals surface area contributed by atoms with Crippen LogP contribution in [0.3, 0.4) is 0 Å². The summed E-state index contributed by atoms with van der Waals surface area (Å²) in [5.74, 6) is 0.0312. The number of fused-ring (bicyclic) bond motifs is 1. The lowest BCUT2D eigenvalue weighted by atomic mass is 10.0. The fourth-order valence-corrected chi connectivity index (χ4v) is 2.99. The van der Waals surface area contributed by atoms with Crippen LogP contribution in [0.5, 0.6) is 0 Å². The summed E-state index contributed by atoms with van der Waals surface area (Å²) in [6.07, 6.45) is 0. The Kier molecular flexibility index (Phi) is 2.90. The van der Waals surface area contributed by atoms with E-state index in [0.717, 1.165) is 16.3 Å². The number of halogens is 1. The zero-order chi connectivity index (χ0) is 12.5. The second-order valence-corrected chi connectivity index (χ2v) is 5.67. The second-order valence-electron chi connectivity index (χ2n) is 3.96. The fraction of sp³-hybridized carbons (Fsp3) is 0. The molecule has 0 amide bonds. The largest absolute Gasteiger partial charge is 0.288 e. The van der Waals surface area contributed by atoms with Gasteiger partial charge in [0.2, 0.25) is 5.78 Å². The molecular weight excluding hydrogens is 264 g/mol. The predicted molar refractivity (Wildman–Crippen MR) is 76.7 cm³/mol. The molecule has 0 radical (unpaired) electrons. The Morgan fingerprint density at radius 1 is 0.944 bits per heavy atom. The first-order valence-electron chi connectivity index (χ1n) is 5.53. The summed E-state index contributed by atoms with van der Waals surface area (Å²) < 4.78 is 0.638. The van der Waals surface area contributed by atoms with Crippen molar-refractivity contribution in [1.82, 2.24) is 0 Å². The average Bonchev–Trinajstić information content (AvgIpc) is 2.84. The molecular formula is C15H9ClOS. The Labute approximate surface area is 114 Å². The third-order valence-corrected chi connectivity index (χ3v) is 4.06. The highest BCUT2D eigenvalue weighted by Gasteiger charge is 2.13. The fourth-order valence-electron chi connectivity index (χ4n) is 1.99. The molecule has 3 heteroatoms. The Morgan fingerprint density at radius 2 is 1.72 bits per heavy atom. The number of benzene rings is 2. The zero-order valence-corrected chi connectivity index (χ0v) is 11.0. The summed E-state index contributed by atoms with van der Waals surface area (Å²) in [4.78, 5) is 13.1. The van der Waals surface area contributed by atoms with E-state index in [2.05, 4.69) is 0 Å². The lowest BCUT2D eigenvalue weighted by Gasteiger charge is -2.03. The maximum absolute atomic E-state index is 12.4. The van der Waals surface area contributed by atoms with Crippen molar-refractivity contribution in [3.05, 3.63) is 69.4 Å². The summed E-state index contributed by atoms with van der Waals surface area (Å²) in [5, 5.41) is 2.06. The van der Waals surface area contributed by atoms with Gasteiger partial charge in [0.05, 0.1) is 9.21 Å². The van der Waals surface area contributed by atoms with E-state index in [4.69, 9.17) is 11.6 Å². The van der Waals surface area contributed by atoms with Crippen molar-refractivity contribution in [2.45, 2.75) is 0 Å². The monoisotopic (exact) mass is 272 g/mol. The van der Waals surface area contributed by atoms with Gasteiger partial charge in [0.1, 0.15) is 0 Å². The quantitative estimate of drug-likeness (QED) is 0.613. The van der Waals surface area contributed by atoms with E-state index in [1.807, 2.05) is 42.5 Å². The van der Waals surface area contributed by atoms with Crippen LogP contribution in [0, 0.1) is 0 Å². The third-order valence-electron chi connectivity index (χ3n) is 2.83. The Bertz CT molecular complexity index is 725. The first kappa shape index (κ1) is 11.5. The van der Waals surface area contributed by atoms with Crippen LogP contribution in [-0.4, -0.2) is 5.78 Å². The van der Waals surface area contributed by atoms with E-state index in [-0.39, 0.29) is 5.78 Å². The van der Waals surface area contributed by atoms with E-state index < -0.39 is 0 Å². The van der Waals surface area contributed by atoms with Crippen LogP contribution in [0.2, 0.25) is 4.34 Å². The molecule has 1 nitrogen and oxygen atoms in total. The number of ketones is 1. The van der Waals surface area contributed by atoms with Gasteiger partial charge >= 0.3 is 0 Å². The van der Waals surface area contributed by atoms with Crippen LogP contribution in [0.4, 0.5) is 0 Å². The zero-order valence-electron chi connectivity index (χ0n) is 9.39. The smallest absolute Gasteiger partial charge is 0.203 e. The number of hydrogen-bond donors (Lipinski definition) is 0. The molecule has 3 rings (SSSR count). The average molecular weight is 273 g/mol. The summed E-state index contributed by atoms with van der Waals surface area (Å²) in [6.45, 7) is 0. The topological polar surface area (TPSA) is 17.1 Å². The van der Waals surface area contributed by atoms with Crippen LogP contribution in [0.1, 0.15) is 15.2 Å². The highest BCUT2D eigenvalue weighted by Crippen LogP contribution is 2.27. The summed E-state index contributed by atoms with van der Waals surface area (Å²) in [5.41, 5.74) is 0.728. The van der Waals surface area contributed by atoms with E-state index in [0.29, 0.717) is 9.21 Å². The number of rotatable bonds is 2. The van der Waals surface area contributed by atoms with Crippen LogP contribution in [-0.2, 0) is 0 Å². The van der Waals surface area contributed by atoms with Crippen molar-refractivity contribution in [3.63, 3.8) is 0 Å². The SMILES string of the molecule is O=C(c1ccc(Cl)s1)c1cccc2ccccc12. The van der Waals surface area contributed by atoms with Crippen LogP contribution >= 0.6 is 22.9 Å². The standard InChI is InChI=1S/C15H9ClOS/c16-14-9-8-13(18-14)15(17)12-7-3-5-10-4-1-2-6-11(10)12/h1-9H. The first-order chi connectivity index (χ1) is 8.75. The number of carbonyl (C=O) groups excluding carboxylic acids is 1. The molecule has 3 aromatic rings. The summed E-state index contributed by atoms with van der Waals surface area (Å²) in [6, 6.07) is 17.2. The maximum Gasteiger partial charge on any atom is 0.203 e. The maximum atomic E-state index is 12.4. The van der Waals surface area contributed by atoms with E-state index in [1.165, 1.54) is 11.3 Å². The molecule has 0 unspecified atom stereocenters. The van der Waals surface area contributed by atoms with Crippen LogP contribution in [0.15, 0.2) is 54.6 Å². The second kappa shape index (κ2) is 4.56. The van der Waals surface area contributed by atoms with Gasteiger partial charge in [-0.3, -0.25) is 4.79 Å². The normalized spacial score (nSPS) is 10.7. The number of hydrogen-bond acceptors (Lipinski definition) is 2. The molecule has 18 heavy (non-hydrogen) atoms. The highest BCUT2D eigenvalue weighted by atomic mass is 35.5. The molecule has 2 aromatic carbocycles. The Hall–Kier alpha value is -1.64. The van der Waals surface area contributed by atoms with Crippen molar-refractivity contribution in [3.8, 4) is 0 Å². The van der Waals surface area contributed by atoms with Gasteiger partial charge in [-0.15, -0.1) is 11.3 Å². The predicted octanol–water partition coefficient (Wildman–Crippen LogP) is 4.79. The van der Waals surface area contributed by atoms with Gasteiger partial charge in [-0.25, -0.2) is 0 Å². The van der Waals surface area contributed by atoms with Crippen molar-refractivity contribution in [1.29, 1.82) is 0 Å². The Morgan fingerprint density at radius 3 is 2.50 bits per heavy atom. The molecule has 0 aliphatic heterocycles. The highest BCUT2D eigenvalue weighted by molar-refractivity contribution is 7.18. The molecule has 88 valence electrons. The minimum Gasteiger partial charge on any atom is -0.288 e. The van der Waals surface area contributed by atoms with Gasteiger partial charge in [0, 0.05) is 5.56 Å². The number of carbonyl (C=O) groups is 1. The lowest BCUT2D eigenvalue weighted by molar-refractivity contribution is 0.104.